The van der Waals surface area contributed by atoms with Gasteiger partial charge in [0.25, 0.3) is 0 Å². The Balaban J connectivity index is 1.80. The molecule has 0 unspecified atom stereocenters. The smallest absolute Gasteiger partial charge is 0.242 e. The summed E-state index contributed by atoms with van der Waals surface area (Å²) in [5.74, 6) is -0.367. The summed E-state index contributed by atoms with van der Waals surface area (Å²) in [5, 5.41) is 2.72. The molecule has 0 saturated carbocycles. The maximum Gasteiger partial charge on any atom is 0.242 e. The molecule has 0 aromatic heterocycles. The highest BCUT2D eigenvalue weighted by Gasteiger charge is 2.29. The number of likely N-dealkylation sites (N-methyl/N-ethyl adjacent to an activating group) is 1. The standard InChI is InChI=1S/C28H33N3O4S/c1-3-30-36(34,35)25-17-14-22(15-18-25)16-19-27(32)31(21-24-12-8-5-9-13-24)26(28(33)29-2)20-23-10-6-4-7-11-23/h4-15,17-18,26,30H,3,16,19-21H2,1-2H3,(H,29,33)/t26-/m1/s1. The largest absolute Gasteiger partial charge is 0.357 e. The maximum atomic E-state index is 13.5. The fourth-order valence-electron chi connectivity index (χ4n) is 4.00. The third-order valence-corrected chi connectivity index (χ3v) is 7.47. The second-order valence-electron chi connectivity index (χ2n) is 8.47. The summed E-state index contributed by atoms with van der Waals surface area (Å²) in [6.45, 7) is 2.35. The predicted molar refractivity (Wildman–Crippen MR) is 141 cm³/mol. The molecule has 0 radical (unpaired) electrons. The first-order chi connectivity index (χ1) is 17.3. The monoisotopic (exact) mass is 507 g/mol. The number of rotatable bonds is 12. The lowest BCUT2D eigenvalue weighted by atomic mass is 10.0. The lowest BCUT2D eigenvalue weighted by Crippen LogP contribution is -2.49. The van der Waals surface area contributed by atoms with Gasteiger partial charge in [0.05, 0.1) is 4.90 Å². The number of nitrogens with zero attached hydrogens (tertiary/aromatic N) is 1. The van der Waals surface area contributed by atoms with Gasteiger partial charge in [-0.3, -0.25) is 9.59 Å². The highest BCUT2D eigenvalue weighted by molar-refractivity contribution is 7.89. The van der Waals surface area contributed by atoms with Gasteiger partial charge < -0.3 is 10.2 Å². The molecule has 0 spiro atoms. The molecule has 0 heterocycles. The van der Waals surface area contributed by atoms with Crippen LogP contribution in [0.3, 0.4) is 0 Å². The summed E-state index contributed by atoms with van der Waals surface area (Å²) in [5.41, 5.74) is 2.75. The molecular weight excluding hydrogens is 474 g/mol. The highest BCUT2D eigenvalue weighted by Crippen LogP contribution is 2.18. The van der Waals surface area contributed by atoms with Crippen molar-refractivity contribution in [1.29, 1.82) is 0 Å². The van der Waals surface area contributed by atoms with Crippen LogP contribution in [0.15, 0.2) is 89.8 Å². The minimum Gasteiger partial charge on any atom is -0.357 e. The summed E-state index contributed by atoms with van der Waals surface area (Å²) < 4.78 is 26.8. The maximum absolute atomic E-state index is 13.5. The van der Waals surface area contributed by atoms with Crippen molar-refractivity contribution >= 4 is 21.8 Å². The van der Waals surface area contributed by atoms with Gasteiger partial charge in [0.1, 0.15) is 6.04 Å². The van der Waals surface area contributed by atoms with Crippen LogP contribution in [0, 0.1) is 0 Å². The van der Waals surface area contributed by atoms with Gasteiger partial charge >= 0.3 is 0 Å². The molecule has 7 nitrogen and oxygen atoms in total. The molecule has 8 heteroatoms. The third-order valence-electron chi connectivity index (χ3n) is 5.91. The number of hydrogen-bond acceptors (Lipinski definition) is 4. The molecule has 3 aromatic rings. The van der Waals surface area contributed by atoms with E-state index in [9.17, 15) is 18.0 Å². The Kier molecular flexibility index (Phi) is 9.78. The van der Waals surface area contributed by atoms with Gasteiger partial charge in [-0.1, -0.05) is 79.7 Å². The van der Waals surface area contributed by atoms with E-state index in [4.69, 9.17) is 0 Å². The van der Waals surface area contributed by atoms with E-state index in [0.717, 1.165) is 16.7 Å². The molecule has 2 N–H and O–H groups in total. The lowest BCUT2D eigenvalue weighted by molar-refractivity contribution is -0.141. The van der Waals surface area contributed by atoms with Crippen LogP contribution in [-0.4, -0.2) is 44.8 Å². The molecule has 36 heavy (non-hydrogen) atoms. The Bertz CT molecular complexity index is 1230. The Morgan fingerprint density at radius 1 is 0.833 bits per heavy atom. The van der Waals surface area contributed by atoms with E-state index in [0.29, 0.717) is 25.9 Å². The summed E-state index contributed by atoms with van der Waals surface area (Å²) in [6, 6.07) is 25.1. The first kappa shape index (κ1) is 27.1. The van der Waals surface area contributed by atoms with Crippen molar-refractivity contribution in [1.82, 2.24) is 14.9 Å². The minimum atomic E-state index is -3.53. The molecule has 0 bridgehead atoms. The van der Waals surface area contributed by atoms with Crippen LogP contribution in [-0.2, 0) is 39.0 Å². The SMILES string of the molecule is CCNS(=O)(=O)c1ccc(CCC(=O)N(Cc2ccccc2)[C@H](Cc2ccccc2)C(=O)NC)cc1. The van der Waals surface area contributed by atoms with Crippen molar-refractivity contribution in [3.8, 4) is 0 Å². The second kappa shape index (κ2) is 13.0. The zero-order valence-corrected chi connectivity index (χ0v) is 21.5. The van der Waals surface area contributed by atoms with Crippen LogP contribution < -0.4 is 10.0 Å². The quantitative estimate of drug-likeness (QED) is 0.393. The number of carbonyl (C=O) groups is 2. The fourth-order valence-corrected chi connectivity index (χ4v) is 5.05. The summed E-state index contributed by atoms with van der Waals surface area (Å²) >= 11 is 0. The van der Waals surface area contributed by atoms with E-state index in [1.54, 1.807) is 43.1 Å². The number of hydrogen-bond donors (Lipinski definition) is 2. The van der Waals surface area contributed by atoms with Crippen molar-refractivity contribution in [2.45, 2.75) is 43.7 Å². The van der Waals surface area contributed by atoms with Gasteiger partial charge in [-0.05, 0) is 35.2 Å². The topological polar surface area (TPSA) is 95.6 Å². The number of nitrogens with one attached hydrogen (secondary N) is 2. The molecule has 1 atom stereocenters. The highest BCUT2D eigenvalue weighted by atomic mass is 32.2. The normalized spacial score (nSPS) is 12.1. The number of carbonyl (C=O) groups excluding carboxylic acids is 2. The van der Waals surface area contributed by atoms with E-state index >= 15 is 0 Å². The van der Waals surface area contributed by atoms with Crippen molar-refractivity contribution in [2.24, 2.45) is 0 Å². The second-order valence-corrected chi connectivity index (χ2v) is 10.2. The average Bonchev–Trinajstić information content (AvgIpc) is 2.90. The molecule has 0 aliphatic carbocycles. The molecule has 0 saturated heterocycles. The number of amides is 2. The lowest BCUT2D eigenvalue weighted by Gasteiger charge is -2.31. The van der Waals surface area contributed by atoms with Gasteiger partial charge in [-0.25, -0.2) is 13.1 Å². The zero-order chi connectivity index (χ0) is 26.0. The van der Waals surface area contributed by atoms with Crippen LogP contribution in [0.1, 0.15) is 30.0 Å². The van der Waals surface area contributed by atoms with Crippen LogP contribution in [0.2, 0.25) is 0 Å². The zero-order valence-electron chi connectivity index (χ0n) is 20.7. The third kappa shape index (κ3) is 7.50. The van der Waals surface area contributed by atoms with Crippen LogP contribution in [0.4, 0.5) is 0 Å². The van der Waals surface area contributed by atoms with E-state index in [-0.39, 0.29) is 23.1 Å². The Hall–Kier alpha value is -3.49. The Morgan fingerprint density at radius 3 is 1.97 bits per heavy atom. The number of benzene rings is 3. The van der Waals surface area contributed by atoms with E-state index < -0.39 is 16.1 Å². The van der Waals surface area contributed by atoms with Crippen LogP contribution in [0.5, 0.6) is 0 Å². The van der Waals surface area contributed by atoms with Crippen LogP contribution >= 0.6 is 0 Å². The van der Waals surface area contributed by atoms with E-state index in [1.807, 2.05) is 60.7 Å². The molecule has 0 aliphatic rings. The summed E-state index contributed by atoms with van der Waals surface area (Å²) in [6.07, 6.45) is 1.02. The number of aryl methyl sites for hydroxylation is 1. The molecular formula is C28H33N3O4S. The van der Waals surface area contributed by atoms with Gasteiger partial charge in [0, 0.05) is 33.0 Å². The average molecular weight is 508 g/mol. The predicted octanol–water partition coefficient (Wildman–Crippen LogP) is 3.30. The number of sulfonamides is 1. The van der Waals surface area contributed by atoms with Crippen molar-refractivity contribution in [2.75, 3.05) is 13.6 Å². The molecule has 0 aliphatic heterocycles. The van der Waals surface area contributed by atoms with Crippen molar-refractivity contribution < 1.29 is 18.0 Å². The summed E-state index contributed by atoms with van der Waals surface area (Å²) in [7, 11) is -1.95. The van der Waals surface area contributed by atoms with Gasteiger partial charge in [-0.2, -0.15) is 0 Å². The Labute approximate surface area is 213 Å². The first-order valence-electron chi connectivity index (χ1n) is 12.0. The Morgan fingerprint density at radius 2 is 1.42 bits per heavy atom. The molecule has 190 valence electrons. The van der Waals surface area contributed by atoms with Crippen molar-refractivity contribution in [3.05, 3.63) is 102 Å². The van der Waals surface area contributed by atoms with Crippen molar-refractivity contribution in [3.63, 3.8) is 0 Å². The molecule has 3 rings (SSSR count). The first-order valence-corrected chi connectivity index (χ1v) is 13.5. The van der Waals surface area contributed by atoms with E-state index in [2.05, 4.69) is 10.0 Å². The summed E-state index contributed by atoms with van der Waals surface area (Å²) in [4.78, 5) is 28.3. The molecule has 2 amide bonds. The minimum absolute atomic E-state index is 0.146. The van der Waals surface area contributed by atoms with E-state index in [1.165, 1.54) is 0 Å². The molecule has 3 aromatic carbocycles. The van der Waals surface area contributed by atoms with Crippen LogP contribution in [0.25, 0.3) is 0 Å². The fraction of sp³-hybridized carbons (Fsp3) is 0.286. The van der Waals surface area contributed by atoms with Gasteiger partial charge in [-0.15, -0.1) is 0 Å². The van der Waals surface area contributed by atoms with Gasteiger partial charge in [0.15, 0.2) is 0 Å². The molecule has 0 fully saturated rings. The van der Waals surface area contributed by atoms with Gasteiger partial charge in [0.2, 0.25) is 21.8 Å².